The first kappa shape index (κ1) is 7.91. The van der Waals surface area contributed by atoms with Crippen LogP contribution in [0.25, 0.3) is 0 Å². The van der Waals surface area contributed by atoms with Crippen LogP contribution in [0.5, 0.6) is 0 Å². The fraction of sp³-hybridized carbons (Fsp3) is 0.429. The predicted octanol–water partition coefficient (Wildman–Crippen LogP) is 2.73. The van der Waals surface area contributed by atoms with Crippen molar-refractivity contribution in [3.8, 4) is 0 Å². The van der Waals surface area contributed by atoms with E-state index in [4.69, 9.17) is 0 Å². The predicted molar refractivity (Wildman–Crippen MR) is 42.9 cm³/mol. The van der Waals surface area contributed by atoms with Gasteiger partial charge in [-0.2, -0.15) is 0 Å². The molecule has 0 saturated heterocycles. The molecule has 0 spiro atoms. The molecule has 1 atom stereocenters. The Morgan fingerprint density at radius 1 is 1.62 bits per heavy atom. The molecule has 0 fully saturated rings. The van der Waals surface area contributed by atoms with Crippen LogP contribution < -0.4 is 0 Å². The first-order chi connectivity index (χ1) is 3.77. The number of hydrogen-bond acceptors (Lipinski definition) is 0. The normalized spacial score (nSPS) is 13.1. The highest BCUT2D eigenvalue weighted by Gasteiger charge is 1.67. The standard InChI is InChI=1S/C7H13P/c1-3-4-5-6-7(2)8/h4-6H,3,8H2,1-2H3/b5-4-,7-6+. The molecule has 0 aliphatic carbocycles. The molecule has 0 aromatic rings. The summed E-state index contributed by atoms with van der Waals surface area (Å²) in [5.41, 5.74) is 0. The summed E-state index contributed by atoms with van der Waals surface area (Å²) in [5, 5.41) is 1.27. The molecular formula is C7H13P. The van der Waals surface area contributed by atoms with Crippen LogP contribution >= 0.6 is 9.24 Å². The van der Waals surface area contributed by atoms with E-state index >= 15 is 0 Å². The maximum absolute atomic E-state index is 2.64. The van der Waals surface area contributed by atoms with E-state index in [-0.39, 0.29) is 0 Å². The Kier molecular flexibility index (Phi) is 5.00. The summed E-state index contributed by atoms with van der Waals surface area (Å²) in [6.07, 6.45) is 7.40. The van der Waals surface area contributed by atoms with Crippen LogP contribution in [0.1, 0.15) is 20.3 Å². The number of hydrogen-bond donors (Lipinski definition) is 0. The van der Waals surface area contributed by atoms with E-state index in [2.05, 4.69) is 41.3 Å². The molecule has 0 aromatic carbocycles. The third-order valence-corrected chi connectivity index (χ3v) is 0.923. The molecule has 0 N–H and O–H groups in total. The van der Waals surface area contributed by atoms with Crippen molar-refractivity contribution in [3.63, 3.8) is 0 Å². The van der Waals surface area contributed by atoms with Gasteiger partial charge in [0.2, 0.25) is 0 Å². The lowest BCUT2D eigenvalue weighted by atomic mass is 10.4. The highest BCUT2D eigenvalue weighted by Crippen LogP contribution is 2.01. The minimum atomic E-state index is 1.12. The van der Waals surface area contributed by atoms with E-state index in [1.54, 1.807) is 0 Å². The van der Waals surface area contributed by atoms with Crippen molar-refractivity contribution in [1.29, 1.82) is 0 Å². The Morgan fingerprint density at radius 2 is 2.25 bits per heavy atom. The Hall–Kier alpha value is -0.0900. The average molecular weight is 128 g/mol. The monoisotopic (exact) mass is 128 g/mol. The van der Waals surface area contributed by atoms with Gasteiger partial charge in [0.15, 0.2) is 0 Å². The van der Waals surface area contributed by atoms with Gasteiger partial charge in [-0.3, -0.25) is 0 Å². The smallest absolute Gasteiger partial charge is 0.0376 e. The average Bonchev–Trinajstić information content (AvgIpc) is 1.66. The summed E-state index contributed by atoms with van der Waals surface area (Å²) in [6, 6.07) is 0. The molecule has 0 rings (SSSR count). The van der Waals surface area contributed by atoms with Crippen LogP contribution in [-0.2, 0) is 0 Å². The van der Waals surface area contributed by atoms with Gasteiger partial charge in [0, 0.05) is 0 Å². The van der Waals surface area contributed by atoms with Crippen molar-refractivity contribution in [2.75, 3.05) is 0 Å². The Labute approximate surface area is 53.9 Å². The molecule has 0 aliphatic rings. The van der Waals surface area contributed by atoms with E-state index in [1.807, 2.05) is 0 Å². The maximum Gasteiger partial charge on any atom is -0.0376 e. The van der Waals surface area contributed by atoms with Crippen LogP contribution in [0.15, 0.2) is 23.5 Å². The molecule has 1 heteroatoms. The van der Waals surface area contributed by atoms with Gasteiger partial charge in [0.05, 0.1) is 0 Å². The Morgan fingerprint density at radius 3 is 2.62 bits per heavy atom. The lowest BCUT2D eigenvalue weighted by Crippen LogP contribution is -1.54. The molecule has 0 bridgehead atoms. The molecule has 8 heavy (non-hydrogen) atoms. The SMILES string of the molecule is CC/C=C\C=C(/C)P. The van der Waals surface area contributed by atoms with Crippen molar-refractivity contribution < 1.29 is 0 Å². The van der Waals surface area contributed by atoms with Gasteiger partial charge in [-0.05, 0) is 13.3 Å². The summed E-state index contributed by atoms with van der Waals surface area (Å²) < 4.78 is 0. The van der Waals surface area contributed by atoms with E-state index in [0.29, 0.717) is 0 Å². The van der Waals surface area contributed by atoms with E-state index in [9.17, 15) is 0 Å². The highest BCUT2D eigenvalue weighted by molar-refractivity contribution is 7.22. The van der Waals surface area contributed by atoms with Crippen LogP contribution in [0.3, 0.4) is 0 Å². The molecule has 0 radical (unpaired) electrons. The molecule has 1 unspecified atom stereocenters. The van der Waals surface area contributed by atoms with Crippen LogP contribution in [0, 0.1) is 0 Å². The zero-order chi connectivity index (χ0) is 6.41. The van der Waals surface area contributed by atoms with Crippen molar-refractivity contribution in [2.24, 2.45) is 0 Å². The Balaban J connectivity index is 3.42. The molecule has 0 saturated carbocycles. The largest absolute Gasteiger partial charge is 0.110 e. The number of allylic oxidation sites excluding steroid dienone is 4. The summed E-state index contributed by atoms with van der Waals surface area (Å²) in [4.78, 5) is 0. The molecule has 46 valence electrons. The van der Waals surface area contributed by atoms with Crippen LogP contribution in [0.2, 0.25) is 0 Å². The fourth-order valence-electron chi connectivity index (χ4n) is 0.356. The summed E-state index contributed by atoms with van der Waals surface area (Å²) in [7, 11) is 2.64. The van der Waals surface area contributed by atoms with Gasteiger partial charge in [0.1, 0.15) is 0 Å². The van der Waals surface area contributed by atoms with Crippen molar-refractivity contribution in [1.82, 2.24) is 0 Å². The zero-order valence-corrected chi connectivity index (χ0v) is 6.67. The molecule has 0 nitrogen and oxygen atoms in total. The minimum Gasteiger partial charge on any atom is -0.110 e. The molecule has 0 amide bonds. The van der Waals surface area contributed by atoms with E-state index < -0.39 is 0 Å². The van der Waals surface area contributed by atoms with E-state index in [0.717, 1.165) is 6.42 Å². The minimum absolute atomic E-state index is 1.12. The van der Waals surface area contributed by atoms with E-state index in [1.165, 1.54) is 5.31 Å². The first-order valence-electron chi connectivity index (χ1n) is 2.86. The summed E-state index contributed by atoms with van der Waals surface area (Å²) in [6.45, 7) is 4.19. The third-order valence-electron chi connectivity index (χ3n) is 0.731. The fourth-order valence-corrected chi connectivity index (χ4v) is 0.467. The summed E-state index contributed by atoms with van der Waals surface area (Å²) >= 11 is 0. The Bertz CT molecular complexity index is 97.0. The van der Waals surface area contributed by atoms with Crippen molar-refractivity contribution in [2.45, 2.75) is 20.3 Å². The molecule has 0 aliphatic heterocycles. The topological polar surface area (TPSA) is 0 Å². The quantitative estimate of drug-likeness (QED) is 0.396. The zero-order valence-electron chi connectivity index (χ0n) is 5.52. The van der Waals surface area contributed by atoms with Crippen LogP contribution in [0.4, 0.5) is 0 Å². The van der Waals surface area contributed by atoms with Gasteiger partial charge >= 0.3 is 0 Å². The van der Waals surface area contributed by atoms with Gasteiger partial charge in [-0.25, -0.2) is 0 Å². The van der Waals surface area contributed by atoms with Crippen molar-refractivity contribution in [3.05, 3.63) is 23.5 Å². The van der Waals surface area contributed by atoms with Crippen molar-refractivity contribution >= 4 is 9.24 Å². The molecule has 0 heterocycles. The van der Waals surface area contributed by atoms with Gasteiger partial charge in [-0.15, -0.1) is 9.24 Å². The van der Waals surface area contributed by atoms with Crippen LogP contribution in [-0.4, -0.2) is 0 Å². The second-order valence-corrected chi connectivity index (χ2v) is 2.66. The summed E-state index contributed by atoms with van der Waals surface area (Å²) in [5.74, 6) is 0. The van der Waals surface area contributed by atoms with Gasteiger partial charge in [-0.1, -0.05) is 30.5 Å². The van der Waals surface area contributed by atoms with Gasteiger partial charge < -0.3 is 0 Å². The number of rotatable bonds is 2. The lowest BCUT2D eigenvalue weighted by Gasteiger charge is -1.79. The van der Waals surface area contributed by atoms with Gasteiger partial charge in [0.25, 0.3) is 0 Å². The lowest BCUT2D eigenvalue weighted by molar-refractivity contribution is 1.22. The molecular weight excluding hydrogens is 115 g/mol. The third kappa shape index (κ3) is 5.91. The molecule has 0 aromatic heterocycles. The second kappa shape index (κ2) is 5.05. The highest BCUT2D eigenvalue weighted by atomic mass is 31.0. The second-order valence-electron chi connectivity index (χ2n) is 1.75. The maximum atomic E-state index is 2.64. The first-order valence-corrected chi connectivity index (χ1v) is 3.44.